The Labute approximate surface area is 119 Å². The summed E-state index contributed by atoms with van der Waals surface area (Å²) in [4.78, 5) is 12.0. The molecule has 0 spiro atoms. The zero-order valence-corrected chi connectivity index (χ0v) is 11.7. The first-order chi connectivity index (χ1) is 8.97. The monoisotopic (exact) mass is 308 g/mol. The molecule has 0 amide bonds. The average Bonchev–Trinajstić information content (AvgIpc) is 2.39. The summed E-state index contributed by atoms with van der Waals surface area (Å²) in [6.07, 6.45) is -2.17. The molecule has 0 saturated carbocycles. The molecule has 1 aromatic heterocycles. The standard InChI is InChI=1S/C12H14Cl2O5/c1-18-3-2-5-4-6(15)7-8(13)10(16)11(17)9(14)12(7)19-5/h4,8-11,16-17H,2-3H2,1H3/t8-,9-,10+,11-/m1/s1. The first-order valence-corrected chi connectivity index (χ1v) is 6.64. The fraction of sp³-hybridized carbons (Fsp3) is 0.583. The van der Waals surface area contributed by atoms with E-state index in [1.807, 2.05) is 0 Å². The number of hydrogen-bond acceptors (Lipinski definition) is 5. The van der Waals surface area contributed by atoms with Crippen LogP contribution >= 0.6 is 23.2 Å². The van der Waals surface area contributed by atoms with Crippen molar-refractivity contribution in [1.82, 2.24) is 0 Å². The summed E-state index contributed by atoms with van der Waals surface area (Å²) in [7, 11) is 1.54. The number of methoxy groups -OCH3 is 1. The highest BCUT2D eigenvalue weighted by molar-refractivity contribution is 6.24. The van der Waals surface area contributed by atoms with Gasteiger partial charge in [-0.25, -0.2) is 0 Å². The van der Waals surface area contributed by atoms with Crippen molar-refractivity contribution < 1.29 is 19.4 Å². The molecule has 106 valence electrons. The zero-order chi connectivity index (χ0) is 14.2. The number of fused-ring (bicyclic) bond motifs is 1. The number of aliphatic hydroxyl groups is 2. The van der Waals surface area contributed by atoms with Crippen LogP contribution in [0.2, 0.25) is 0 Å². The van der Waals surface area contributed by atoms with Crippen LogP contribution in [-0.4, -0.2) is 36.1 Å². The molecule has 2 N–H and O–H groups in total. The lowest BCUT2D eigenvalue weighted by Gasteiger charge is -2.32. The smallest absolute Gasteiger partial charge is 0.190 e. The molecule has 2 rings (SSSR count). The van der Waals surface area contributed by atoms with Gasteiger partial charge in [0.15, 0.2) is 5.43 Å². The lowest BCUT2D eigenvalue weighted by atomic mass is 9.91. The molecule has 0 fully saturated rings. The van der Waals surface area contributed by atoms with Gasteiger partial charge in [-0.05, 0) is 0 Å². The van der Waals surface area contributed by atoms with Gasteiger partial charge in [-0.1, -0.05) is 0 Å². The van der Waals surface area contributed by atoms with Crippen molar-refractivity contribution in [2.45, 2.75) is 29.4 Å². The maximum Gasteiger partial charge on any atom is 0.190 e. The highest BCUT2D eigenvalue weighted by atomic mass is 35.5. The third-order valence-electron chi connectivity index (χ3n) is 3.09. The molecule has 0 radical (unpaired) electrons. The fourth-order valence-corrected chi connectivity index (χ4v) is 2.72. The van der Waals surface area contributed by atoms with E-state index < -0.39 is 23.0 Å². The Hall–Kier alpha value is -0.590. The Morgan fingerprint density at radius 3 is 2.58 bits per heavy atom. The van der Waals surface area contributed by atoms with E-state index in [1.165, 1.54) is 13.2 Å². The maximum atomic E-state index is 12.0. The highest BCUT2D eigenvalue weighted by Crippen LogP contribution is 2.41. The van der Waals surface area contributed by atoms with Crippen molar-refractivity contribution in [1.29, 1.82) is 0 Å². The van der Waals surface area contributed by atoms with Crippen molar-refractivity contribution in [2.75, 3.05) is 13.7 Å². The molecule has 1 aliphatic rings. The number of aliphatic hydroxyl groups excluding tert-OH is 2. The molecular formula is C12H14Cl2O5. The SMILES string of the molecule is COCCc1cc(=O)c2c(o1)[C@H](Cl)[C@@H](O)[C@@H](O)[C@@H]2Cl. The summed E-state index contributed by atoms with van der Waals surface area (Å²) < 4.78 is 10.4. The van der Waals surface area contributed by atoms with E-state index in [0.29, 0.717) is 18.8 Å². The number of hydrogen-bond donors (Lipinski definition) is 2. The third-order valence-corrected chi connectivity index (χ3v) is 4.03. The second-order valence-electron chi connectivity index (χ2n) is 4.38. The van der Waals surface area contributed by atoms with Gasteiger partial charge >= 0.3 is 0 Å². The molecule has 0 aliphatic heterocycles. The second-order valence-corrected chi connectivity index (χ2v) is 5.32. The van der Waals surface area contributed by atoms with Gasteiger partial charge in [0.05, 0.1) is 17.5 Å². The molecule has 0 saturated heterocycles. The van der Waals surface area contributed by atoms with Crippen molar-refractivity contribution >= 4 is 23.2 Å². The van der Waals surface area contributed by atoms with Gasteiger partial charge in [0.1, 0.15) is 29.1 Å². The lowest BCUT2D eigenvalue weighted by Crippen LogP contribution is -2.40. The summed E-state index contributed by atoms with van der Waals surface area (Å²) in [6, 6.07) is 1.31. The van der Waals surface area contributed by atoms with Gasteiger partial charge < -0.3 is 19.4 Å². The second kappa shape index (κ2) is 5.81. The molecule has 1 heterocycles. The Morgan fingerprint density at radius 2 is 1.95 bits per heavy atom. The first kappa shape index (κ1) is 14.8. The van der Waals surface area contributed by atoms with Crippen molar-refractivity contribution in [3.05, 3.63) is 33.4 Å². The first-order valence-electron chi connectivity index (χ1n) is 5.77. The van der Waals surface area contributed by atoms with E-state index >= 15 is 0 Å². The van der Waals surface area contributed by atoms with Crippen LogP contribution in [0.25, 0.3) is 0 Å². The maximum absolute atomic E-state index is 12.0. The molecule has 1 aliphatic carbocycles. The molecule has 0 bridgehead atoms. The Bertz CT molecular complexity index is 515. The van der Waals surface area contributed by atoms with Crippen LogP contribution in [0.5, 0.6) is 0 Å². The predicted octanol–water partition coefficient (Wildman–Crippen LogP) is 1.12. The van der Waals surface area contributed by atoms with Crippen LogP contribution in [0, 0.1) is 0 Å². The fourth-order valence-electron chi connectivity index (χ4n) is 2.05. The van der Waals surface area contributed by atoms with E-state index in [-0.39, 0.29) is 16.8 Å². The number of alkyl halides is 2. The molecule has 1 aromatic rings. The minimum atomic E-state index is -1.30. The van der Waals surface area contributed by atoms with Gasteiger partial charge in [0, 0.05) is 19.6 Å². The lowest BCUT2D eigenvalue weighted by molar-refractivity contribution is 0.00153. The highest BCUT2D eigenvalue weighted by Gasteiger charge is 2.43. The average molecular weight is 309 g/mol. The third kappa shape index (κ3) is 2.66. The van der Waals surface area contributed by atoms with Crippen LogP contribution < -0.4 is 5.43 Å². The van der Waals surface area contributed by atoms with Gasteiger partial charge in [0.25, 0.3) is 0 Å². The summed E-state index contributed by atoms with van der Waals surface area (Å²) >= 11 is 12.0. The molecule has 4 atom stereocenters. The van der Waals surface area contributed by atoms with Gasteiger partial charge in [0.2, 0.25) is 0 Å². The van der Waals surface area contributed by atoms with Crippen LogP contribution in [0.3, 0.4) is 0 Å². The Kier molecular flexibility index (Phi) is 4.53. The summed E-state index contributed by atoms with van der Waals surface area (Å²) in [5, 5.41) is 17.5. The van der Waals surface area contributed by atoms with E-state index in [1.54, 1.807) is 0 Å². The van der Waals surface area contributed by atoms with E-state index in [4.69, 9.17) is 32.4 Å². The van der Waals surface area contributed by atoms with E-state index in [0.717, 1.165) is 0 Å². The Balaban J connectivity index is 2.48. The molecule has 7 heteroatoms. The summed E-state index contributed by atoms with van der Waals surface area (Å²) in [6.45, 7) is 0.393. The minimum Gasteiger partial charge on any atom is -0.464 e. The normalized spacial score (nSPS) is 30.2. The van der Waals surface area contributed by atoms with Crippen molar-refractivity contribution in [3.63, 3.8) is 0 Å². The van der Waals surface area contributed by atoms with Crippen LogP contribution in [-0.2, 0) is 11.2 Å². The van der Waals surface area contributed by atoms with Gasteiger partial charge in [-0.3, -0.25) is 4.79 Å². The number of halogens is 2. The number of ether oxygens (including phenoxy) is 1. The topological polar surface area (TPSA) is 79.9 Å². The minimum absolute atomic E-state index is 0.112. The van der Waals surface area contributed by atoms with Crippen LogP contribution in [0.1, 0.15) is 27.8 Å². The molecule has 19 heavy (non-hydrogen) atoms. The van der Waals surface area contributed by atoms with E-state index in [2.05, 4.69) is 0 Å². The largest absolute Gasteiger partial charge is 0.464 e. The summed E-state index contributed by atoms with van der Waals surface area (Å²) in [5.74, 6) is 0.529. The van der Waals surface area contributed by atoms with Gasteiger partial charge in [-0.2, -0.15) is 0 Å². The van der Waals surface area contributed by atoms with Crippen LogP contribution in [0.4, 0.5) is 0 Å². The van der Waals surface area contributed by atoms with Gasteiger partial charge in [-0.15, -0.1) is 23.2 Å². The molecular weight excluding hydrogens is 295 g/mol. The molecule has 5 nitrogen and oxygen atoms in total. The van der Waals surface area contributed by atoms with E-state index in [9.17, 15) is 15.0 Å². The number of rotatable bonds is 3. The molecule has 0 unspecified atom stereocenters. The van der Waals surface area contributed by atoms with Crippen LogP contribution in [0.15, 0.2) is 15.3 Å². The molecule has 0 aromatic carbocycles. The van der Waals surface area contributed by atoms with Crippen molar-refractivity contribution in [2.24, 2.45) is 0 Å². The van der Waals surface area contributed by atoms with Crippen molar-refractivity contribution in [3.8, 4) is 0 Å². The zero-order valence-electron chi connectivity index (χ0n) is 10.2. The quantitative estimate of drug-likeness (QED) is 0.818. The summed E-state index contributed by atoms with van der Waals surface area (Å²) in [5.41, 5.74) is -0.246. The Morgan fingerprint density at radius 1 is 1.32 bits per heavy atom. The predicted molar refractivity (Wildman–Crippen MR) is 69.8 cm³/mol.